The van der Waals surface area contributed by atoms with E-state index >= 15 is 0 Å². The molecule has 1 aliphatic rings. The highest BCUT2D eigenvalue weighted by Gasteiger charge is 2.19. The molecule has 0 bridgehead atoms. The van der Waals surface area contributed by atoms with Crippen molar-refractivity contribution in [1.29, 1.82) is 0 Å². The van der Waals surface area contributed by atoms with Gasteiger partial charge in [0, 0.05) is 18.3 Å². The first-order chi connectivity index (χ1) is 9.29. The molecule has 1 aromatic carbocycles. The van der Waals surface area contributed by atoms with Crippen molar-refractivity contribution < 1.29 is 0 Å². The summed E-state index contributed by atoms with van der Waals surface area (Å²) in [5.74, 6) is 0.958. The van der Waals surface area contributed by atoms with Crippen molar-refractivity contribution >= 4 is 5.69 Å². The maximum absolute atomic E-state index is 3.55. The molecule has 19 heavy (non-hydrogen) atoms. The summed E-state index contributed by atoms with van der Waals surface area (Å²) in [4.78, 5) is 2.66. The van der Waals surface area contributed by atoms with Gasteiger partial charge in [0.15, 0.2) is 0 Å². The summed E-state index contributed by atoms with van der Waals surface area (Å²) in [6, 6.07) is 11.1. The molecule has 2 unspecified atom stereocenters. The first-order valence-electron chi connectivity index (χ1n) is 7.82. The van der Waals surface area contributed by atoms with Crippen molar-refractivity contribution in [1.82, 2.24) is 4.90 Å². The number of hydrogen-bond donors (Lipinski definition) is 1. The minimum Gasteiger partial charge on any atom is -0.383 e. The maximum Gasteiger partial charge on any atom is 0.0340 e. The molecule has 1 fully saturated rings. The quantitative estimate of drug-likeness (QED) is 0.861. The van der Waals surface area contributed by atoms with Crippen LogP contribution in [0, 0.1) is 5.92 Å². The van der Waals surface area contributed by atoms with E-state index in [4.69, 9.17) is 0 Å². The number of hydrogen-bond acceptors (Lipinski definition) is 2. The Kier molecular flexibility index (Phi) is 5.71. The molecule has 0 aromatic heterocycles. The highest BCUT2D eigenvalue weighted by atomic mass is 15.2. The van der Waals surface area contributed by atoms with E-state index in [9.17, 15) is 0 Å². The lowest BCUT2D eigenvalue weighted by atomic mass is 9.98. The molecule has 1 saturated heterocycles. The smallest absolute Gasteiger partial charge is 0.0340 e. The average Bonchev–Trinajstić information content (AvgIpc) is 2.71. The third-order valence-corrected chi connectivity index (χ3v) is 4.46. The van der Waals surface area contributed by atoms with Gasteiger partial charge >= 0.3 is 0 Å². The van der Waals surface area contributed by atoms with Crippen molar-refractivity contribution in [3.8, 4) is 0 Å². The van der Waals surface area contributed by atoms with E-state index in [2.05, 4.69) is 54.4 Å². The zero-order valence-electron chi connectivity index (χ0n) is 12.4. The minimum absolute atomic E-state index is 0.621. The lowest BCUT2D eigenvalue weighted by Crippen LogP contribution is -2.38. The van der Waals surface area contributed by atoms with E-state index in [0.717, 1.165) is 12.5 Å². The molecule has 0 spiro atoms. The molecule has 1 heterocycles. The van der Waals surface area contributed by atoms with Gasteiger partial charge in [0.25, 0.3) is 0 Å². The number of nitrogens with one attached hydrogen (secondary N) is 1. The van der Waals surface area contributed by atoms with E-state index in [1.54, 1.807) is 0 Å². The number of likely N-dealkylation sites (tertiary alicyclic amines) is 1. The Bertz CT molecular complexity index is 350. The van der Waals surface area contributed by atoms with Crippen LogP contribution >= 0.6 is 0 Å². The SMILES string of the molecule is CCC1CCCN(C(C)CNc2ccccc2)CC1. The van der Waals surface area contributed by atoms with Crippen LogP contribution in [0.4, 0.5) is 5.69 Å². The monoisotopic (exact) mass is 260 g/mol. The molecular formula is C17H28N2. The van der Waals surface area contributed by atoms with Gasteiger partial charge in [0.1, 0.15) is 0 Å². The lowest BCUT2D eigenvalue weighted by molar-refractivity contribution is 0.222. The Labute approximate surface area is 118 Å². The Morgan fingerprint density at radius 3 is 2.74 bits per heavy atom. The standard InChI is InChI=1S/C17H28N2/c1-3-16-8-7-12-19(13-11-16)15(2)14-18-17-9-5-4-6-10-17/h4-6,9-10,15-16,18H,3,7-8,11-14H2,1-2H3. The lowest BCUT2D eigenvalue weighted by Gasteiger charge is -2.28. The van der Waals surface area contributed by atoms with Crippen LogP contribution < -0.4 is 5.32 Å². The van der Waals surface area contributed by atoms with Gasteiger partial charge in [-0.15, -0.1) is 0 Å². The highest BCUT2D eigenvalue weighted by Crippen LogP contribution is 2.21. The summed E-state index contributed by atoms with van der Waals surface area (Å²) in [6.07, 6.45) is 5.52. The molecule has 1 N–H and O–H groups in total. The second-order valence-electron chi connectivity index (χ2n) is 5.84. The number of rotatable bonds is 5. The Morgan fingerprint density at radius 2 is 2.00 bits per heavy atom. The zero-order chi connectivity index (χ0) is 13.5. The first-order valence-corrected chi connectivity index (χ1v) is 7.82. The molecule has 0 radical (unpaired) electrons. The van der Waals surface area contributed by atoms with Crippen LogP contribution in [0.25, 0.3) is 0 Å². The molecule has 0 aliphatic carbocycles. The van der Waals surface area contributed by atoms with Crippen LogP contribution in [0.3, 0.4) is 0 Å². The molecule has 1 aromatic rings. The van der Waals surface area contributed by atoms with Crippen molar-refractivity contribution in [3.05, 3.63) is 30.3 Å². The Hall–Kier alpha value is -1.02. The van der Waals surface area contributed by atoms with Gasteiger partial charge in [0.2, 0.25) is 0 Å². The third kappa shape index (κ3) is 4.54. The molecular weight excluding hydrogens is 232 g/mol. The van der Waals surface area contributed by atoms with E-state index in [0.29, 0.717) is 6.04 Å². The summed E-state index contributed by atoms with van der Waals surface area (Å²) in [6.45, 7) is 8.27. The molecule has 0 amide bonds. The van der Waals surface area contributed by atoms with Gasteiger partial charge in [-0.3, -0.25) is 4.90 Å². The van der Waals surface area contributed by atoms with E-state index in [-0.39, 0.29) is 0 Å². The van der Waals surface area contributed by atoms with Crippen LogP contribution in [0.5, 0.6) is 0 Å². The van der Waals surface area contributed by atoms with Crippen LogP contribution in [-0.2, 0) is 0 Å². The fourth-order valence-electron chi connectivity index (χ4n) is 2.99. The fourth-order valence-corrected chi connectivity index (χ4v) is 2.99. The Morgan fingerprint density at radius 1 is 1.21 bits per heavy atom. The average molecular weight is 260 g/mol. The second kappa shape index (κ2) is 7.54. The summed E-state index contributed by atoms with van der Waals surface area (Å²) >= 11 is 0. The van der Waals surface area contributed by atoms with Crippen LogP contribution in [0.2, 0.25) is 0 Å². The number of para-hydroxylation sites is 1. The molecule has 0 saturated carbocycles. The van der Waals surface area contributed by atoms with Crippen molar-refractivity contribution in [2.45, 2.75) is 45.6 Å². The van der Waals surface area contributed by atoms with E-state index in [1.807, 2.05) is 0 Å². The minimum atomic E-state index is 0.621. The largest absolute Gasteiger partial charge is 0.383 e. The van der Waals surface area contributed by atoms with Gasteiger partial charge in [-0.2, -0.15) is 0 Å². The fraction of sp³-hybridized carbons (Fsp3) is 0.647. The van der Waals surface area contributed by atoms with Gasteiger partial charge in [-0.25, -0.2) is 0 Å². The number of nitrogens with zero attached hydrogens (tertiary/aromatic N) is 1. The predicted molar refractivity (Wildman–Crippen MR) is 83.6 cm³/mol. The molecule has 2 nitrogen and oxygen atoms in total. The van der Waals surface area contributed by atoms with Crippen LogP contribution in [0.1, 0.15) is 39.5 Å². The number of anilines is 1. The van der Waals surface area contributed by atoms with Gasteiger partial charge in [-0.05, 0) is 57.3 Å². The van der Waals surface area contributed by atoms with Crippen LogP contribution in [-0.4, -0.2) is 30.6 Å². The highest BCUT2D eigenvalue weighted by molar-refractivity contribution is 5.42. The van der Waals surface area contributed by atoms with E-state index < -0.39 is 0 Å². The summed E-state index contributed by atoms with van der Waals surface area (Å²) in [5, 5.41) is 3.55. The molecule has 2 heteroatoms. The van der Waals surface area contributed by atoms with Gasteiger partial charge < -0.3 is 5.32 Å². The van der Waals surface area contributed by atoms with Crippen molar-refractivity contribution in [3.63, 3.8) is 0 Å². The summed E-state index contributed by atoms with van der Waals surface area (Å²) < 4.78 is 0. The van der Waals surface area contributed by atoms with Crippen molar-refractivity contribution in [2.24, 2.45) is 5.92 Å². The van der Waals surface area contributed by atoms with Gasteiger partial charge in [-0.1, -0.05) is 31.5 Å². The molecule has 2 rings (SSSR count). The summed E-state index contributed by atoms with van der Waals surface area (Å²) in [7, 11) is 0. The maximum atomic E-state index is 3.55. The van der Waals surface area contributed by atoms with Gasteiger partial charge in [0.05, 0.1) is 0 Å². The van der Waals surface area contributed by atoms with Crippen LogP contribution in [0.15, 0.2) is 30.3 Å². The second-order valence-corrected chi connectivity index (χ2v) is 5.84. The molecule has 1 aliphatic heterocycles. The number of benzene rings is 1. The first kappa shape index (κ1) is 14.4. The third-order valence-electron chi connectivity index (χ3n) is 4.46. The topological polar surface area (TPSA) is 15.3 Å². The zero-order valence-corrected chi connectivity index (χ0v) is 12.4. The molecule has 2 atom stereocenters. The molecule has 106 valence electrons. The normalized spacial score (nSPS) is 22.7. The van der Waals surface area contributed by atoms with Crippen molar-refractivity contribution in [2.75, 3.05) is 25.0 Å². The Balaban J connectivity index is 1.78. The summed E-state index contributed by atoms with van der Waals surface area (Å²) in [5.41, 5.74) is 1.23. The van der Waals surface area contributed by atoms with E-state index in [1.165, 1.54) is 44.5 Å². The predicted octanol–water partition coefficient (Wildman–Crippen LogP) is 4.00.